The van der Waals surface area contributed by atoms with Gasteiger partial charge < -0.3 is 9.30 Å². The molecule has 3 rings (SSSR count). The number of para-hydroxylation sites is 1. The number of nitrogens with zero attached hydrogens (tertiary/aromatic N) is 3. The minimum atomic E-state index is 0.0810. The van der Waals surface area contributed by atoms with Crippen molar-refractivity contribution in [3.05, 3.63) is 60.2 Å². The van der Waals surface area contributed by atoms with Gasteiger partial charge in [-0.05, 0) is 26.0 Å². The average molecular weight is 367 g/mol. The molecule has 0 aliphatic rings. The highest BCUT2D eigenvalue weighted by molar-refractivity contribution is 7.99. The van der Waals surface area contributed by atoms with Crippen molar-refractivity contribution in [1.82, 2.24) is 14.8 Å². The van der Waals surface area contributed by atoms with Crippen molar-refractivity contribution in [2.24, 2.45) is 0 Å². The van der Waals surface area contributed by atoms with Gasteiger partial charge in [0.1, 0.15) is 5.75 Å². The van der Waals surface area contributed by atoms with Crippen molar-refractivity contribution in [1.29, 1.82) is 0 Å². The highest BCUT2D eigenvalue weighted by Gasteiger charge is 2.17. The third kappa shape index (κ3) is 3.96. The molecule has 0 saturated heterocycles. The molecule has 3 aromatic rings. The minimum Gasteiger partial charge on any atom is -0.493 e. The fraction of sp³-hybridized carbons (Fsp3) is 0.250. The third-order valence-corrected chi connectivity index (χ3v) is 4.86. The SMILES string of the molecule is CCOc1ccccc1-c1nnc(SCC(=O)c2ccccc2)n1CC. The molecule has 0 fully saturated rings. The summed E-state index contributed by atoms with van der Waals surface area (Å²) in [6, 6.07) is 17.1. The smallest absolute Gasteiger partial charge is 0.191 e. The Morgan fingerprint density at radius 2 is 1.77 bits per heavy atom. The Balaban J connectivity index is 1.82. The third-order valence-electron chi connectivity index (χ3n) is 3.89. The highest BCUT2D eigenvalue weighted by Crippen LogP contribution is 2.31. The van der Waals surface area contributed by atoms with Crippen LogP contribution in [0.15, 0.2) is 59.8 Å². The second-order valence-electron chi connectivity index (χ2n) is 5.56. The fourth-order valence-electron chi connectivity index (χ4n) is 2.65. The Kier molecular flexibility index (Phi) is 6.07. The van der Waals surface area contributed by atoms with Crippen molar-refractivity contribution in [3.8, 4) is 17.1 Å². The van der Waals surface area contributed by atoms with E-state index in [1.165, 1.54) is 11.8 Å². The molecule has 0 radical (unpaired) electrons. The molecule has 134 valence electrons. The number of hydrogen-bond donors (Lipinski definition) is 0. The van der Waals surface area contributed by atoms with E-state index in [2.05, 4.69) is 10.2 Å². The molecule has 0 aliphatic carbocycles. The van der Waals surface area contributed by atoms with E-state index in [-0.39, 0.29) is 5.78 Å². The molecule has 2 aromatic carbocycles. The zero-order valence-electron chi connectivity index (χ0n) is 14.9. The Hall–Kier alpha value is -2.60. The first-order valence-corrected chi connectivity index (χ1v) is 9.59. The number of Topliss-reactive ketones (excluding diaryl/α,β-unsaturated/α-hetero) is 1. The number of benzene rings is 2. The monoisotopic (exact) mass is 367 g/mol. The van der Waals surface area contributed by atoms with Crippen LogP contribution in [0.5, 0.6) is 5.75 Å². The molecule has 1 heterocycles. The number of ether oxygens (including phenoxy) is 1. The van der Waals surface area contributed by atoms with Crippen molar-refractivity contribution in [3.63, 3.8) is 0 Å². The molecule has 0 bridgehead atoms. The zero-order chi connectivity index (χ0) is 18.4. The maximum Gasteiger partial charge on any atom is 0.191 e. The summed E-state index contributed by atoms with van der Waals surface area (Å²) in [5, 5.41) is 9.38. The second-order valence-corrected chi connectivity index (χ2v) is 6.50. The van der Waals surface area contributed by atoms with Crippen LogP contribution in [0.2, 0.25) is 0 Å². The number of hydrogen-bond acceptors (Lipinski definition) is 5. The van der Waals surface area contributed by atoms with Gasteiger partial charge in [0, 0.05) is 12.1 Å². The van der Waals surface area contributed by atoms with Gasteiger partial charge in [-0.15, -0.1) is 10.2 Å². The van der Waals surface area contributed by atoms with Gasteiger partial charge in [-0.2, -0.15) is 0 Å². The number of aromatic nitrogens is 3. The lowest BCUT2D eigenvalue weighted by Crippen LogP contribution is -2.05. The van der Waals surface area contributed by atoms with Crippen molar-refractivity contribution in [2.75, 3.05) is 12.4 Å². The first-order chi connectivity index (χ1) is 12.7. The molecule has 1 aromatic heterocycles. The Bertz CT molecular complexity index is 878. The summed E-state index contributed by atoms with van der Waals surface area (Å²) in [6.45, 7) is 5.30. The van der Waals surface area contributed by atoms with Crippen LogP contribution < -0.4 is 4.74 Å². The van der Waals surface area contributed by atoms with Crippen LogP contribution in [0.3, 0.4) is 0 Å². The van der Waals surface area contributed by atoms with Gasteiger partial charge in [-0.3, -0.25) is 4.79 Å². The second kappa shape index (κ2) is 8.67. The number of rotatable bonds is 8. The zero-order valence-corrected chi connectivity index (χ0v) is 15.7. The Morgan fingerprint density at radius 1 is 1.04 bits per heavy atom. The maximum atomic E-state index is 12.3. The number of carbonyl (C=O) groups is 1. The lowest BCUT2D eigenvalue weighted by atomic mass is 10.2. The summed E-state index contributed by atoms with van der Waals surface area (Å²) < 4.78 is 7.73. The molecule has 0 saturated carbocycles. The van der Waals surface area contributed by atoms with Crippen molar-refractivity contribution in [2.45, 2.75) is 25.5 Å². The molecule has 0 spiro atoms. The molecular formula is C20H21N3O2S. The van der Waals surface area contributed by atoms with Crippen molar-refractivity contribution < 1.29 is 9.53 Å². The van der Waals surface area contributed by atoms with E-state index in [1.54, 1.807) is 0 Å². The molecular weight excluding hydrogens is 346 g/mol. The summed E-state index contributed by atoms with van der Waals surface area (Å²) >= 11 is 1.41. The number of carbonyl (C=O) groups excluding carboxylic acids is 1. The van der Waals surface area contributed by atoms with Crippen LogP contribution in [-0.2, 0) is 6.54 Å². The fourth-order valence-corrected chi connectivity index (χ4v) is 3.55. The molecule has 0 atom stereocenters. The Morgan fingerprint density at radius 3 is 2.50 bits per heavy atom. The first-order valence-electron chi connectivity index (χ1n) is 8.61. The minimum absolute atomic E-state index is 0.0810. The molecule has 26 heavy (non-hydrogen) atoms. The highest BCUT2D eigenvalue weighted by atomic mass is 32.2. The van der Waals surface area contributed by atoms with Crippen LogP contribution in [0.4, 0.5) is 0 Å². The van der Waals surface area contributed by atoms with E-state index in [4.69, 9.17) is 4.74 Å². The van der Waals surface area contributed by atoms with Gasteiger partial charge in [0.2, 0.25) is 0 Å². The van der Waals surface area contributed by atoms with E-state index in [0.717, 1.165) is 22.3 Å². The molecule has 6 heteroatoms. The van der Waals surface area contributed by atoms with E-state index < -0.39 is 0 Å². The summed E-state index contributed by atoms with van der Waals surface area (Å²) in [6.07, 6.45) is 0. The van der Waals surface area contributed by atoms with Gasteiger partial charge in [0.25, 0.3) is 0 Å². The average Bonchev–Trinajstić information content (AvgIpc) is 3.10. The lowest BCUT2D eigenvalue weighted by molar-refractivity contribution is 0.102. The first kappa shape index (κ1) is 18.2. The standard InChI is InChI=1S/C20H21N3O2S/c1-3-23-19(16-12-8-9-13-18(16)25-4-2)21-22-20(23)26-14-17(24)15-10-6-5-7-11-15/h5-13H,3-4,14H2,1-2H3. The quantitative estimate of drug-likeness (QED) is 0.438. The van der Waals surface area contributed by atoms with E-state index in [1.807, 2.05) is 73.0 Å². The van der Waals surface area contributed by atoms with Gasteiger partial charge >= 0.3 is 0 Å². The van der Waals surface area contributed by atoms with E-state index in [9.17, 15) is 4.79 Å². The van der Waals surface area contributed by atoms with Gasteiger partial charge in [-0.25, -0.2) is 0 Å². The van der Waals surface area contributed by atoms with Crippen LogP contribution >= 0.6 is 11.8 Å². The largest absolute Gasteiger partial charge is 0.493 e. The van der Waals surface area contributed by atoms with Crippen LogP contribution in [-0.4, -0.2) is 32.9 Å². The topological polar surface area (TPSA) is 57.0 Å². The normalized spacial score (nSPS) is 10.7. The predicted molar refractivity (Wildman–Crippen MR) is 104 cm³/mol. The Labute approximate surface area is 157 Å². The van der Waals surface area contributed by atoms with Crippen LogP contribution in [0, 0.1) is 0 Å². The number of thioether (sulfide) groups is 1. The molecule has 0 amide bonds. The van der Waals surface area contributed by atoms with Crippen LogP contribution in [0.25, 0.3) is 11.4 Å². The summed E-state index contributed by atoms with van der Waals surface area (Å²) in [4.78, 5) is 12.3. The lowest BCUT2D eigenvalue weighted by Gasteiger charge is -2.11. The summed E-state index contributed by atoms with van der Waals surface area (Å²) in [7, 11) is 0. The van der Waals surface area contributed by atoms with Crippen molar-refractivity contribution >= 4 is 17.5 Å². The van der Waals surface area contributed by atoms with Gasteiger partial charge in [-0.1, -0.05) is 54.2 Å². The molecule has 5 nitrogen and oxygen atoms in total. The number of ketones is 1. The maximum absolute atomic E-state index is 12.3. The van der Waals surface area contributed by atoms with Gasteiger partial charge in [0.15, 0.2) is 16.8 Å². The van der Waals surface area contributed by atoms with E-state index >= 15 is 0 Å². The van der Waals surface area contributed by atoms with Gasteiger partial charge in [0.05, 0.1) is 17.9 Å². The predicted octanol–water partition coefficient (Wildman–Crippen LogP) is 4.34. The van der Waals surface area contributed by atoms with E-state index in [0.29, 0.717) is 24.5 Å². The van der Waals surface area contributed by atoms with Crippen LogP contribution in [0.1, 0.15) is 24.2 Å². The molecule has 0 N–H and O–H groups in total. The molecule has 0 unspecified atom stereocenters. The summed E-state index contributed by atoms with van der Waals surface area (Å²) in [5.74, 6) is 1.95. The molecule has 0 aliphatic heterocycles. The summed E-state index contributed by atoms with van der Waals surface area (Å²) in [5.41, 5.74) is 1.62.